The van der Waals surface area contributed by atoms with Crippen LogP contribution in [0.25, 0.3) is 0 Å². The van der Waals surface area contributed by atoms with Gasteiger partial charge >= 0.3 is 0 Å². The molecule has 2 aromatic rings. The summed E-state index contributed by atoms with van der Waals surface area (Å²) >= 11 is 0. The monoisotopic (exact) mass is 255 g/mol. The summed E-state index contributed by atoms with van der Waals surface area (Å²) in [6.45, 7) is 0.473. The van der Waals surface area contributed by atoms with Gasteiger partial charge in [-0.1, -0.05) is 54.6 Å². The van der Waals surface area contributed by atoms with E-state index in [4.69, 9.17) is 10.5 Å². The van der Waals surface area contributed by atoms with E-state index < -0.39 is 6.10 Å². The number of methoxy groups -OCH3 is 1. The van der Waals surface area contributed by atoms with Gasteiger partial charge in [-0.3, -0.25) is 4.79 Å². The molecule has 0 saturated heterocycles. The van der Waals surface area contributed by atoms with E-state index in [1.807, 2.05) is 42.5 Å². The third-order valence-corrected chi connectivity index (χ3v) is 3.05. The fourth-order valence-electron chi connectivity index (χ4n) is 1.98. The quantitative estimate of drug-likeness (QED) is 0.836. The molecule has 0 radical (unpaired) electrons. The summed E-state index contributed by atoms with van der Waals surface area (Å²) in [5, 5.41) is 0. The summed E-state index contributed by atoms with van der Waals surface area (Å²) in [7, 11) is 1.55. The number of Topliss-reactive ketones (excluding diaryl/α,β-unsaturated/α-hetero) is 1. The van der Waals surface area contributed by atoms with Gasteiger partial charge in [-0.2, -0.15) is 0 Å². The number of hydrogen-bond donors (Lipinski definition) is 1. The van der Waals surface area contributed by atoms with Crippen molar-refractivity contribution in [1.29, 1.82) is 0 Å². The van der Waals surface area contributed by atoms with Crippen LogP contribution >= 0.6 is 0 Å². The molecule has 0 aromatic heterocycles. The molecule has 0 heterocycles. The minimum Gasteiger partial charge on any atom is -0.369 e. The van der Waals surface area contributed by atoms with E-state index >= 15 is 0 Å². The third kappa shape index (κ3) is 3.08. The lowest BCUT2D eigenvalue weighted by Gasteiger charge is -2.14. The normalized spacial score (nSPS) is 12.1. The molecule has 0 aliphatic carbocycles. The highest BCUT2D eigenvalue weighted by Gasteiger charge is 2.21. The molecule has 1 unspecified atom stereocenters. The molecule has 2 rings (SSSR count). The zero-order valence-electron chi connectivity index (χ0n) is 10.9. The van der Waals surface area contributed by atoms with Crippen molar-refractivity contribution in [2.45, 2.75) is 12.6 Å². The van der Waals surface area contributed by atoms with Gasteiger partial charge in [-0.05, 0) is 11.1 Å². The van der Waals surface area contributed by atoms with Crippen LogP contribution in [0.3, 0.4) is 0 Å². The highest BCUT2D eigenvalue weighted by Crippen LogP contribution is 2.21. The van der Waals surface area contributed by atoms with Gasteiger partial charge in [-0.25, -0.2) is 0 Å². The first-order valence-electron chi connectivity index (χ1n) is 6.17. The lowest BCUT2D eigenvalue weighted by Crippen LogP contribution is -2.15. The van der Waals surface area contributed by atoms with E-state index in [1.54, 1.807) is 19.2 Å². The van der Waals surface area contributed by atoms with Crippen molar-refractivity contribution in [3.63, 3.8) is 0 Å². The van der Waals surface area contributed by atoms with Crippen molar-refractivity contribution >= 4 is 5.78 Å². The summed E-state index contributed by atoms with van der Waals surface area (Å²) in [5.41, 5.74) is 8.04. The first kappa shape index (κ1) is 13.5. The minimum atomic E-state index is -0.565. The zero-order valence-corrected chi connectivity index (χ0v) is 10.9. The molecular formula is C16H17NO2. The molecule has 0 amide bonds. The molecule has 3 nitrogen and oxygen atoms in total. The van der Waals surface area contributed by atoms with E-state index in [1.165, 1.54) is 0 Å². The van der Waals surface area contributed by atoms with Crippen LogP contribution in [0.4, 0.5) is 0 Å². The number of ketones is 1. The van der Waals surface area contributed by atoms with Gasteiger partial charge in [0.1, 0.15) is 6.10 Å². The maximum absolute atomic E-state index is 12.4. The molecule has 3 heteroatoms. The van der Waals surface area contributed by atoms with Crippen LogP contribution in [0, 0.1) is 0 Å². The number of rotatable bonds is 5. The second kappa shape index (κ2) is 6.27. The molecule has 2 aromatic carbocycles. The Morgan fingerprint density at radius 1 is 1.11 bits per heavy atom. The first-order chi connectivity index (χ1) is 9.26. The fourth-order valence-corrected chi connectivity index (χ4v) is 1.98. The smallest absolute Gasteiger partial charge is 0.196 e. The molecule has 0 spiro atoms. The van der Waals surface area contributed by atoms with Crippen LogP contribution in [0.1, 0.15) is 27.6 Å². The molecule has 0 fully saturated rings. The summed E-state index contributed by atoms with van der Waals surface area (Å²) in [5.74, 6) is -0.0442. The maximum atomic E-state index is 12.4. The molecule has 0 saturated carbocycles. The molecule has 98 valence electrons. The van der Waals surface area contributed by atoms with Crippen LogP contribution in [0.15, 0.2) is 54.6 Å². The predicted octanol–water partition coefficient (Wildman–Crippen LogP) is 2.72. The summed E-state index contributed by atoms with van der Waals surface area (Å²) in [6.07, 6.45) is -0.565. The van der Waals surface area contributed by atoms with Gasteiger partial charge in [0.2, 0.25) is 0 Å². The van der Waals surface area contributed by atoms with Crippen molar-refractivity contribution in [2.24, 2.45) is 5.73 Å². The Morgan fingerprint density at radius 3 is 2.26 bits per heavy atom. The Labute approximate surface area is 113 Å². The molecule has 0 aliphatic rings. The topological polar surface area (TPSA) is 52.3 Å². The van der Waals surface area contributed by atoms with Gasteiger partial charge in [-0.15, -0.1) is 0 Å². The Morgan fingerprint density at radius 2 is 1.74 bits per heavy atom. The number of hydrogen-bond acceptors (Lipinski definition) is 3. The van der Waals surface area contributed by atoms with Crippen LogP contribution in [0.2, 0.25) is 0 Å². The molecule has 1 atom stereocenters. The summed E-state index contributed by atoms with van der Waals surface area (Å²) in [6, 6.07) is 16.8. The first-order valence-corrected chi connectivity index (χ1v) is 6.17. The standard InChI is InChI=1S/C16H17NO2/c1-19-16(14-5-3-2-4-6-14)15(18)13-9-7-12(11-17)8-10-13/h2-10,16H,11,17H2,1H3. The lowest BCUT2D eigenvalue weighted by molar-refractivity contribution is 0.0604. The van der Waals surface area contributed by atoms with Crippen LogP contribution in [0.5, 0.6) is 0 Å². The van der Waals surface area contributed by atoms with Crippen LogP contribution in [-0.4, -0.2) is 12.9 Å². The molecule has 0 bridgehead atoms. The Kier molecular flexibility index (Phi) is 4.44. The van der Waals surface area contributed by atoms with Gasteiger partial charge in [0, 0.05) is 19.2 Å². The maximum Gasteiger partial charge on any atom is 0.196 e. The van der Waals surface area contributed by atoms with Crippen molar-refractivity contribution in [1.82, 2.24) is 0 Å². The largest absolute Gasteiger partial charge is 0.369 e. The molecule has 0 aliphatic heterocycles. The Hall–Kier alpha value is -1.97. The van der Waals surface area contributed by atoms with Crippen LogP contribution in [-0.2, 0) is 11.3 Å². The fraction of sp³-hybridized carbons (Fsp3) is 0.188. The lowest BCUT2D eigenvalue weighted by atomic mass is 9.99. The van der Waals surface area contributed by atoms with Gasteiger partial charge in [0.15, 0.2) is 5.78 Å². The SMILES string of the molecule is COC(C(=O)c1ccc(CN)cc1)c1ccccc1. The van der Waals surface area contributed by atoms with E-state index in [2.05, 4.69) is 0 Å². The van der Waals surface area contributed by atoms with Gasteiger partial charge in [0.05, 0.1) is 0 Å². The second-order valence-electron chi connectivity index (χ2n) is 4.29. The second-order valence-corrected chi connectivity index (χ2v) is 4.29. The van der Waals surface area contributed by atoms with Gasteiger partial charge in [0.25, 0.3) is 0 Å². The van der Waals surface area contributed by atoms with E-state index in [0.717, 1.165) is 11.1 Å². The number of nitrogens with two attached hydrogens (primary N) is 1. The summed E-state index contributed by atoms with van der Waals surface area (Å²) in [4.78, 5) is 12.4. The predicted molar refractivity (Wildman–Crippen MR) is 74.9 cm³/mol. The van der Waals surface area contributed by atoms with E-state index in [-0.39, 0.29) is 5.78 Å². The van der Waals surface area contributed by atoms with Crippen molar-refractivity contribution < 1.29 is 9.53 Å². The average Bonchev–Trinajstić information content (AvgIpc) is 2.49. The molecule has 19 heavy (non-hydrogen) atoms. The molecular weight excluding hydrogens is 238 g/mol. The van der Waals surface area contributed by atoms with Crippen molar-refractivity contribution in [3.05, 3.63) is 71.3 Å². The average molecular weight is 255 g/mol. The number of carbonyl (C=O) groups excluding carboxylic acids is 1. The Balaban J connectivity index is 2.25. The highest BCUT2D eigenvalue weighted by atomic mass is 16.5. The highest BCUT2D eigenvalue weighted by molar-refractivity contribution is 6.00. The van der Waals surface area contributed by atoms with E-state index in [9.17, 15) is 4.79 Å². The van der Waals surface area contributed by atoms with Crippen LogP contribution < -0.4 is 5.73 Å². The number of carbonyl (C=O) groups is 1. The minimum absolute atomic E-state index is 0.0442. The third-order valence-electron chi connectivity index (χ3n) is 3.05. The van der Waals surface area contributed by atoms with E-state index in [0.29, 0.717) is 12.1 Å². The van der Waals surface area contributed by atoms with Crippen molar-refractivity contribution in [2.75, 3.05) is 7.11 Å². The number of ether oxygens (including phenoxy) is 1. The summed E-state index contributed by atoms with van der Waals surface area (Å²) < 4.78 is 5.33. The van der Waals surface area contributed by atoms with Gasteiger partial charge < -0.3 is 10.5 Å². The number of benzene rings is 2. The molecule has 2 N–H and O–H groups in total. The Bertz CT molecular complexity index is 534. The van der Waals surface area contributed by atoms with Crippen molar-refractivity contribution in [3.8, 4) is 0 Å². The zero-order chi connectivity index (χ0) is 13.7.